The lowest BCUT2D eigenvalue weighted by Crippen LogP contribution is -2.03. The van der Waals surface area contributed by atoms with Gasteiger partial charge in [0.1, 0.15) is 5.01 Å². The molecule has 0 aliphatic rings. The Balaban J connectivity index is 1.43. The Morgan fingerprint density at radius 2 is 1.16 bits per heavy atom. The quantitative estimate of drug-likeness (QED) is 0.280. The van der Waals surface area contributed by atoms with Crippen LogP contribution in [-0.2, 0) is 6.18 Å². The lowest BCUT2D eigenvalue weighted by Gasteiger charge is -2.09. The number of hydrogen-bond donors (Lipinski definition) is 0. The summed E-state index contributed by atoms with van der Waals surface area (Å²) < 4.78 is 39.5. The normalized spacial score (nSPS) is 11.7. The van der Waals surface area contributed by atoms with E-state index in [-0.39, 0.29) is 0 Å². The Morgan fingerprint density at radius 1 is 0.581 bits per heavy atom. The molecule has 1 heterocycles. The van der Waals surface area contributed by atoms with Crippen LogP contribution in [0.15, 0.2) is 97.1 Å². The van der Waals surface area contributed by atoms with Crippen molar-refractivity contribution >= 4 is 21.6 Å². The Labute approximate surface area is 181 Å². The van der Waals surface area contributed by atoms with E-state index < -0.39 is 11.7 Å². The molecule has 0 saturated heterocycles. The van der Waals surface area contributed by atoms with Crippen LogP contribution >= 0.6 is 11.3 Å². The zero-order valence-corrected chi connectivity index (χ0v) is 17.0. The van der Waals surface area contributed by atoms with Gasteiger partial charge in [0.05, 0.1) is 15.8 Å². The van der Waals surface area contributed by atoms with Crippen LogP contribution in [0.1, 0.15) is 5.56 Å². The predicted molar refractivity (Wildman–Crippen MR) is 121 cm³/mol. The Morgan fingerprint density at radius 3 is 1.81 bits per heavy atom. The van der Waals surface area contributed by atoms with Crippen molar-refractivity contribution in [3.8, 4) is 32.8 Å². The van der Waals surface area contributed by atoms with Crippen LogP contribution in [0.2, 0.25) is 0 Å². The molecule has 0 radical (unpaired) electrons. The smallest absolute Gasteiger partial charge is 0.236 e. The number of nitrogens with zero attached hydrogens (tertiary/aromatic N) is 1. The third-order valence-electron chi connectivity index (χ3n) is 5.17. The first-order valence-electron chi connectivity index (χ1n) is 9.71. The van der Waals surface area contributed by atoms with Gasteiger partial charge in [-0.2, -0.15) is 13.2 Å². The number of hydrogen-bond acceptors (Lipinski definition) is 2. The van der Waals surface area contributed by atoms with Gasteiger partial charge >= 0.3 is 6.18 Å². The van der Waals surface area contributed by atoms with Crippen molar-refractivity contribution in [2.24, 2.45) is 0 Å². The summed E-state index contributed by atoms with van der Waals surface area (Å²) in [5.41, 5.74) is 5.15. The molecule has 0 fully saturated rings. The van der Waals surface area contributed by atoms with E-state index in [9.17, 15) is 13.2 Å². The molecule has 0 spiro atoms. The van der Waals surface area contributed by atoms with Gasteiger partial charge in [-0.1, -0.05) is 66.7 Å². The molecular weight excluding hydrogens is 415 g/mol. The van der Waals surface area contributed by atoms with E-state index in [0.717, 1.165) is 55.2 Å². The first-order chi connectivity index (χ1) is 15.0. The highest BCUT2D eigenvalue weighted by Crippen LogP contribution is 2.34. The Hall–Kier alpha value is -3.44. The zero-order chi connectivity index (χ0) is 21.4. The summed E-state index contributed by atoms with van der Waals surface area (Å²) in [6.45, 7) is 0. The number of para-hydroxylation sites is 1. The lowest BCUT2D eigenvalue weighted by atomic mass is 9.98. The average Bonchev–Trinajstić information content (AvgIpc) is 3.23. The minimum Gasteiger partial charge on any atom is -0.236 e. The second-order valence-electron chi connectivity index (χ2n) is 7.22. The van der Waals surface area contributed by atoms with Crippen molar-refractivity contribution in [3.63, 3.8) is 0 Å². The molecule has 5 aromatic rings. The summed E-state index contributed by atoms with van der Waals surface area (Å²) >= 11 is 1.67. The summed E-state index contributed by atoms with van der Waals surface area (Å²) in [6, 6.07) is 29.4. The molecule has 0 amide bonds. The highest BCUT2D eigenvalue weighted by atomic mass is 32.1. The predicted octanol–water partition coefficient (Wildman–Crippen LogP) is 8.32. The van der Waals surface area contributed by atoms with E-state index in [0.29, 0.717) is 0 Å². The maximum Gasteiger partial charge on any atom is 0.416 e. The summed E-state index contributed by atoms with van der Waals surface area (Å²) in [6.07, 6.45) is -4.32. The molecule has 1 aromatic heterocycles. The van der Waals surface area contributed by atoms with Crippen molar-refractivity contribution < 1.29 is 13.2 Å². The number of alkyl halides is 3. The fourth-order valence-corrected chi connectivity index (χ4v) is 4.50. The fraction of sp³-hybridized carbons (Fsp3) is 0.0385. The maximum absolute atomic E-state index is 12.8. The molecule has 5 rings (SSSR count). The standard InChI is InChI=1S/C26H16F3NS/c27-26(28,29)22-14-12-18(13-15-22)17-8-10-19(11-9-17)20-4-3-5-21(16-20)25-30-23-6-1-2-7-24(23)31-25/h1-16H. The van der Waals surface area contributed by atoms with E-state index in [2.05, 4.69) is 18.2 Å². The molecule has 0 aliphatic carbocycles. The van der Waals surface area contributed by atoms with Crippen LogP contribution in [0, 0.1) is 0 Å². The van der Waals surface area contributed by atoms with Crippen LogP contribution in [-0.4, -0.2) is 4.98 Å². The maximum atomic E-state index is 12.8. The van der Waals surface area contributed by atoms with E-state index in [1.807, 2.05) is 54.6 Å². The average molecular weight is 431 g/mol. The third-order valence-corrected chi connectivity index (χ3v) is 6.25. The minimum atomic E-state index is -4.32. The fourth-order valence-electron chi connectivity index (χ4n) is 3.53. The monoisotopic (exact) mass is 431 g/mol. The summed E-state index contributed by atoms with van der Waals surface area (Å²) in [5.74, 6) is 0. The molecule has 31 heavy (non-hydrogen) atoms. The number of rotatable bonds is 3. The summed E-state index contributed by atoms with van der Waals surface area (Å²) in [7, 11) is 0. The molecule has 4 aromatic carbocycles. The van der Waals surface area contributed by atoms with Crippen molar-refractivity contribution in [1.82, 2.24) is 4.98 Å². The van der Waals surface area contributed by atoms with E-state index >= 15 is 0 Å². The van der Waals surface area contributed by atoms with Gasteiger partial charge in [0.15, 0.2) is 0 Å². The van der Waals surface area contributed by atoms with E-state index in [4.69, 9.17) is 4.98 Å². The minimum absolute atomic E-state index is 0.639. The molecule has 5 heteroatoms. The zero-order valence-electron chi connectivity index (χ0n) is 16.2. The highest BCUT2D eigenvalue weighted by Gasteiger charge is 2.29. The van der Waals surface area contributed by atoms with Gasteiger partial charge in [-0.25, -0.2) is 4.98 Å². The van der Waals surface area contributed by atoms with E-state index in [1.54, 1.807) is 11.3 Å². The molecule has 152 valence electrons. The van der Waals surface area contributed by atoms with Crippen LogP contribution in [0.3, 0.4) is 0 Å². The highest BCUT2D eigenvalue weighted by molar-refractivity contribution is 7.21. The van der Waals surface area contributed by atoms with Crippen LogP contribution < -0.4 is 0 Å². The summed E-state index contributed by atoms with van der Waals surface area (Å²) in [4.78, 5) is 4.73. The number of thiazole rings is 1. The van der Waals surface area contributed by atoms with Gasteiger partial charge in [-0.3, -0.25) is 0 Å². The van der Waals surface area contributed by atoms with Crippen LogP contribution in [0.5, 0.6) is 0 Å². The molecule has 0 bridgehead atoms. The Bertz CT molecular complexity index is 1320. The molecule has 1 nitrogen and oxygen atoms in total. The number of fused-ring (bicyclic) bond motifs is 1. The first kappa shape index (κ1) is 19.5. The molecule has 0 saturated carbocycles. The lowest BCUT2D eigenvalue weighted by molar-refractivity contribution is -0.137. The Kier molecular flexibility index (Phi) is 4.83. The van der Waals surface area contributed by atoms with E-state index in [1.165, 1.54) is 12.1 Å². The van der Waals surface area contributed by atoms with Crippen LogP contribution in [0.4, 0.5) is 13.2 Å². The van der Waals surface area contributed by atoms with Crippen molar-refractivity contribution in [3.05, 3.63) is 103 Å². The molecule has 0 N–H and O–H groups in total. The number of benzene rings is 4. The third kappa shape index (κ3) is 3.97. The van der Waals surface area contributed by atoms with Gasteiger partial charge < -0.3 is 0 Å². The SMILES string of the molecule is FC(F)(F)c1ccc(-c2ccc(-c3cccc(-c4nc5ccccc5s4)c3)cc2)cc1. The van der Waals surface area contributed by atoms with Gasteiger partial charge in [0.2, 0.25) is 0 Å². The van der Waals surface area contributed by atoms with Gasteiger partial charge in [-0.05, 0) is 52.6 Å². The van der Waals surface area contributed by atoms with Gasteiger partial charge in [0, 0.05) is 5.56 Å². The second-order valence-corrected chi connectivity index (χ2v) is 8.25. The topological polar surface area (TPSA) is 12.9 Å². The van der Waals surface area contributed by atoms with Crippen molar-refractivity contribution in [2.45, 2.75) is 6.18 Å². The van der Waals surface area contributed by atoms with Gasteiger partial charge in [0.25, 0.3) is 0 Å². The van der Waals surface area contributed by atoms with Crippen molar-refractivity contribution in [1.29, 1.82) is 0 Å². The van der Waals surface area contributed by atoms with Crippen LogP contribution in [0.25, 0.3) is 43.0 Å². The molecular formula is C26H16F3NS. The largest absolute Gasteiger partial charge is 0.416 e. The summed E-state index contributed by atoms with van der Waals surface area (Å²) in [5, 5.41) is 0.976. The van der Waals surface area contributed by atoms with Crippen molar-refractivity contribution in [2.75, 3.05) is 0 Å². The molecule has 0 unspecified atom stereocenters. The first-order valence-corrected chi connectivity index (χ1v) is 10.5. The van der Waals surface area contributed by atoms with Gasteiger partial charge in [-0.15, -0.1) is 11.3 Å². The number of aromatic nitrogens is 1. The number of halogens is 3. The second kappa shape index (κ2) is 7.67. The molecule has 0 aliphatic heterocycles. The molecule has 0 atom stereocenters.